The average molecular weight is 264 g/mol. The van der Waals surface area contributed by atoms with Gasteiger partial charge < -0.3 is 15.0 Å². The second-order valence-corrected chi connectivity index (χ2v) is 5.21. The van der Waals surface area contributed by atoms with Crippen LogP contribution in [0.5, 0.6) is 0 Å². The number of morpholine rings is 1. The molecule has 106 valence electrons. The molecule has 5 nitrogen and oxygen atoms in total. The number of ether oxygens (including phenoxy) is 1. The number of rotatable bonds is 5. The summed E-state index contributed by atoms with van der Waals surface area (Å²) in [7, 11) is 0. The zero-order valence-electron chi connectivity index (χ0n) is 12.1. The van der Waals surface area contributed by atoms with Crippen LogP contribution in [0.2, 0.25) is 0 Å². The number of anilines is 1. The van der Waals surface area contributed by atoms with E-state index in [0.717, 1.165) is 44.2 Å². The highest BCUT2D eigenvalue weighted by Crippen LogP contribution is 2.17. The van der Waals surface area contributed by atoms with Crippen LogP contribution in [0, 0.1) is 0 Å². The first-order chi connectivity index (χ1) is 9.20. The lowest BCUT2D eigenvalue weighted by atomic mass is 10.2. The molecule has 5 heteroatoms. The number of aromatic nitrogens is 2. The van der Waals surface area contributed by atoms with E-state index in [1.165, 1.54) is 0 Å². The van der Waals surface area contributed by atoms with Gasteiger partial charge in [0.15, 0.2) is 0 Å². The zero-order chi connectivity index (χ0) is 13.7. The van der Waals surface area contributed by atoms with Gasteiger partial charge in [-0.3, -0.25) is 0 Å². The Bertz CT molecular complexity index is 397. The van der Waals surface area contributed by atoms with Gasteiger partial charge in [-0.15, -0.1) is 0 Å². The van der Waals surface area contributed by atoms with E-state index in [1.54, 1.807) is 6.33 Å². The van der Waals surface area contributed by atoms with Gasteiger partial charge in [0.25, 0.3) is 0 Å². The quantitative estimate of drug-likeness (QED) is 0.867. The molecule has 0 amide bonds. The van der Waals surface area contributed by atoms with E-state index in [9.17, 15) is 0 Å². The van der Waals surface area contributed by atoms with E-state index < -0.39 is 0 Å². The maximum absolute atomic E-state index is 5.60. The lowest BCUT2D eigenvalue weighted by Gasteiger charge is -2.37. The van der Waals surface area contributed by atoms with Crippen LogP contribution in [0.25, 0.3) is 0 Å². The largest absolute Gasteiger partial charge is 0.377 e. The Morgan fingerprint density at radius 3 is 3.05 bits per heavy atom. The number of nitrogens with one attached hydrogen (secondary N) is 1. The maximum Gasteiger partial charge on any atom is 0.132 e. The highest BCUT2D eigenvalue weighted by molar-refractivity contribution is 5.41. The molecule has 1 fully saturated rings. The number of aryl methyl sites for hydroxylation is 1. The number of hydrogen-bond donors (Lipinski definition) is 1. The van der Waals surface area contributed by atoms with Gasteiger partial charge in [-0.25, -0.2) is 9.97 Å². The highest BCUT2D eigenvalue weighted by Gasteiger charge is 2.24. The molecular weight excluding hydrogens is 240 g/mol. The lowest BCUT2D eigenvalue weighted by molar-refractivity contribution is 0.0927. The summed E-state index contributed by atoms with van der Waals surface area (Å²) in [5.74, 6) is 1.02. The maximum atomic E-state index is 5.60. The number of nitrogens with zero attached hydrogens (tertiary/aromatic N) is 3. The van der Waals surface area contributed by atoms with Crippen molar-refractivity contribution in [2.75, 3.05) is 31.2 Å². The summed E-state index contributed by atoms with van der Waals surface area (Å²) in [6.07, 6.45) is 2.60. The molecule has 0 aliphatic carbocycles. The van der Waals surface area contributed by atoms with Gasteiger partial charge in [0.1, 0.15) is 12.1 Å². The SMILES string of the molecule is CCc1cc(N2CCOCC2CNC(C)C)ncn1. The van der Waals surface area contributed by atoms with Crippen molar-refractivity contribution in [2.24, 2.45) is 0 Å². The minimum Gasteiger partial charge on any atom is -0.377 e. The molecule has 0 saturated carbocycles. The average Bonchev–Trinajstić information content (AvgIpc) is 2.45. The Morgan fingerprint density at radius 2 is 2.32 bits per heavy atom. The van der Waals surface area contributed by atoms with Crippen LogP contribution >= 0.6 is 0 Å². The van der Waals surface area contributed by atoms with Crippen LogP contribution in [0.1, 0.15) is 26.5 Å². The van der Waals surface area contributed by atoms with Crippen LogP contribution in [0.3, 0.4) is 0 Å². The molecule has 1 aliphatic heterocycles. The van der Waals surface area contributed by atoms with Crippen LogP contribution < -0.4 is 10.2 Å². The molecular formula is C14H24N4O. The second-order valence-electron chi connectivity index (χ2n) is 5.21. The van der Waals surface area contributed by atoms with Gasteiger partial charge in [0.05, 0.1) is 19.3 Å². The fourth-order valence-electron chi connectivity index (χ4n) is 2.23. The summed E-state index contributed by atoms with van der Waals surface area (Å²) in [6.45, 7) is 9.77. The standard InChI is InChI=1S/C14H24N4O/c1-4-12-7-14(17-10-16-12)18-5-6-19-9-13(18)8-15-11(2)3/h7,10-11,13,15H,4-6,8-9H2,1-3H3. The van der Waals surface area contributed by atoms with Crippen molar-refractivity contribution in [1.29, 1.82) is 0 Å². The molecule has 0 spiro atoms. The van der Waals surface area contributed by atoms with Crippen molar-refractivity contribution in [3.8, 4) is 0 Å². The molecule has 19 heavy (non-hydrogen) atoms. The molecule has 1 aromatic heterocycles. The topological polar surface area (TPSA) is 50.3 Å². The Hall–Kier alpha value is -1.20. The summed E-state index contributed by atoms with van der Waals surface area (Å²) >= 11 is 0. The summed E-state index contributed by atoms with van der Waals surface area (Å²) in [4.78, 5) is 11.0. The summed E-state index contributed by atoms with van der Waals surface area (Å²) in [5, 5.41) is 3.48. The van der Waals surface area contributed by atoms with Gasteiger partial charge in [0.2, 0.25) is 0 Å². The summed E-state index contributed by atoms with van der Waals surface area (Å²) in [6, 6.07) is 2.92. The van der Waals surface area contributed by atoms with Crippen molar-refractivity contribution in [3.63, 3.8) is 0 Å². The number of hydrogen-bond acceptors (Lipinski definition) is 5. The third kappa shape index (κ3) is 3.88. The van der Waals surface area contributed by atoms with Crippen molar-refractivity contribution in [2.45, 2.75) is 39.3 Å². The Kier molecular flexibility index (Phi) is 5.10. The first-order valence-electron chi connectivity index (χ1n) is 7.09. The van der Waals surface area contributed by atoms with E-state index in [2.05, 4.69) is 47.0 Å². The van der Waals surface area contributed by atoms with Crippen LogP contribution in [0.4, 0.5) is 5.82 Å². The molecule has 1 unspecified atom stereocenters. The van der Waals surface area contributed by atoms with E-state index in [1.807, 2.05) is 0 Å². The summed E-state index contributed by atoms with van der Waals surface area (Å²) in [5.41, 5.74) is 1.09. The smallest absolute Gasteiger partial charge is 0.132 e. The molecule has 2 heterocycles. The van der Waals surface area contributed by atoms with Crippen LogP contribution in [-0.4, -0.2) is 48.4 Å². The molecule has 0 radical (unpaired) electrons. The van der Waals surface area contributed by atoms with E-state index in [4.69, 9.17) is 4.74 Å². The zero-order valence-corrected chi connectivity index (χ0v) is 12.1. The molecule has 1 aliphatic rings. The first kappa shape index (κ1) is 14.2. The molecule has 1 N–H and O–H groups in total. The normalized spacial score (nSPS) is 20.0. The predicted octanol–water partition coefficient (Wildman–Crippen LogP) is 1.24. The molecule has 1 saturated heterocycles. The third-order valence-electron chi connectivity index (χ3n) is 3.36. The Labute approximate surface area is 115 Å². The first-order valence-corrected chi connectivity index (χ1v) is 7.09. The van der Waals surface area contributed by atoms with E-state index >= 15 is 0 Å². The second kappa shape index (κ2) is 6.82. The van der Waals surface area contributed by atoms with Crippen molar-refractivity contribution < 1.29 is 4.74 Å². The lowest BCUT2D eigenvalue weighted by Crippen LogP contribution is -2.51. The van der Waals surface area contributed by atoms with Gasteiger partial charge in [-0.2, -0.15) is 0 Å². The van der Waals surface area contributed by atoms with Crippen LogP contribution in [-0.2, 0) is 11.2 Å². The Morgan fingerprint density at radius 1 is 1.47 bits per heavy atom. The molecule has 0 bridgehead atoms. The summed E-state index contributed by atoms with van der Waals surface area (Å²) < 4.78 is 5.60. The molecule has 1 atom stereocenters. The third-order valence-corrected chi connectivity index (χ3v) is 3.36. The monoisotopic (exact) mass is 264 g/mol. The van der Waals surface area contributed by atoms with E-state index in [-0.39, 0.29) is 0 Å². The highest BCUT2D eigenvalue weighted by atomic mass is 16.5. The fourth-order valence-corrected chi connectivity index (χ4v) is 2.23. The molecule has 2 rings (SSSR count). The molecule has 0 aromatic carbocycles. The minimum atomic E-state index is 0.343. The van der Waals surface area contributed by atoms with Crippen molar-refractivity contribution in [1.82, 2.24) is 15.3 Å². The van der Waals surface area contributed by atoms with Gasteiger partial charge in [-0.1, -0.05) is 20.8 Å². The fraction of sp³-hybridized carbons (Fsp3) is 0.714. The van der Waals surface area contributed by atoms with E-state index in [0.29, 0.717) is 12.1 Å². The minimum absolute atomic E-state index is 0.343. The van der Waals surface area contributed by atoms with Gasteiger partial charge in [-0.05, 0) is 6.42 Å². The molecule has 1 aromatic rings. The van der Waals surface area contributed by atoms with Crippen LogP contribution in [0.15, 0.2) is 12.4 Å². The Balaban J connectivity index is 2.09. The van der Waals surface area contributed by atoms with Gasteiger partial charge in [0, 0.05) is 30.9 Å². The van der Waals surface area contributed by atoms with Crippen molar-refractivity contribution >= 4 is 5.82 Å². The van der Waals surface area contributed by atoms with Gasteiger partial charge >= 0.3 is 0 Å². The van der Waals surface area contributed by atoms with Crippen molar-refractivity contribution in [3.05, 3.63) is 18.1 Å². The predicted molar refractivity (Wildman–Crippen MR) is 76.5 cm³/mol.